The molecule has 1 aliphatic rings. The number of thiophene rings is 1. The van der Waals surface area contributed by atoms with E-state index < -0.39 is 0 Å². The summed E-state index contributed by atoms with van der Waals surface area (Å²) in [5.41, 5.74) is 6.91. The second-order valence-corrected chi connectivity index (χ2v) is 6.90. The Balaban J connectivity index is 1.72. The van der Waals surface area contributed by atoms with Gasteiger partial charge in [-0.05, 0) is 24.1 Å². The summed E-state index contributed by atoms with van der Waals surface area (Å²) in [6.07, 6.45) is 0.377. The summed E-state index contributed by atoms with van der Waals surface area (Å²) >= 11 is 1.41. The van der Waals surface area contributed by atoms with Crippen molar-refractivity contribution < 1.29 is 14.3 Å². The van der Waals surface area contributed by atoms with Gasteiger partial charge in [-0.1, -0.05) is 26.0 Å². The zero-order valence-corrected chi connectivity index (χ0v) is 13.8. The van der Waals surface area contributed by atoms with E-state index in [9.17, 15) is 9.59 Å². The number of carbonyl (C=O) groups is 2. The summed E-state index contributed by atoms with van der Waals surface area (Å²) in [5, 5.41) is 0. The molecule has 2 amide bonds. The molecule has 0 radical (unpaired) electrons. The molecule has 0 spiro atoms. The van der Waals surface area contributed by atoms with E-state index >= 15 is 0 Å². The third-order valence-electron chi connectivity index (χ3n) is 3.46. The number of amides is 2. The lowest BCUT2D eigenvalue weighted by Crippen LogP contribution is -2.41. The molecule has 3 rings (SSSR count). The molecule has 0 bridgehead atoms. The van der Waals surface area contributed by atoms with Crippen molar-refractivity contribution in [2.75, 3.05) is 0 Å². The molecule has 1 aliphatic heterocycles. The lowest BCUT2D eigenvalue weighted by molar-refractivity contribution is -0.122. The van der Waals surface area contributed by atoms with Gasteiger partial charge in [-0.15, -0.1) is 11.3 Å². The van der Waals surface area contributed by atoms with E-state index in [4.69, 9.17) is 4.74 Å². The summed E-state index contributed by atoms with van der Waals surface area (Å²) in [6.45, 7) is 4.36. The van der Waals surface area contributed by atoms with Gasteiger partial charge in [0.05, 0.1) is 4.88 Å². The molecule has 23 heavy (non-hydrogen) atoms. The quantitative estimate of drug-likeness (QED) is 0.850. The number of para-hydroxylation sites is 1. The minimum atomic E-state index is -0.306. The summed E-state index contributed by atoms with van der Waals surface area (Å²) in [7, 11) is 0. The second-order valence-electron chi connectivity index (χ2n) is 5.85. The van der Waals surface area contributed by atoms with Crippen LogP contribution in [-0.4, -0.2) is 11.8 Å². The highest BCUT2D eigenvalue weighted by Gasteiger charge is 2.22. The highest BCUT2D eigenvalue weighted by molar-refractivity contribution is 7.17. The smallest absolute Gasteiger partial charge is 0.279 e. The Morgan fingerprint density at radius 1 is 1.26 bits per heavy atom. The first kappa shape index (κ1) is 15.6. The van der Waals surface area contributed by atoms with Crippen LogP contribution in [0.1, 0.15) is 35.5 Å². The minimum absolute atomic E-state index is 0.191. The first-order valence-corrected chi connectivity index (χ1v) is 8.30. The van der Waals surface area contributed by atoms with E-state index in [1.165, 1.54) is 11.3 Å². The van der Waals surface area contributed by atoms with Gasteiger partial charge in [0.25, 0.3) is 5.91 Å². The summed E-state index contributed by atoms with van der Waals surface area (Å²) < 4.78 is 5.69. The molecule has 0 saturated carbocycles. The van der Waals surface area contributed by atoms with E-state index in [0.717, 1.165) is 21.8 Å². The maximum atomic E-state index is 12.2. The minimum Gasteiger partial charge on any atom is -0.488 e. The Hall–Kier alpha value is -2.34. The van der Waals surface area contributed by atoms with Crippen LogP contribution in [0, 0.1) is 5.92 Å². The van der Waals surface area contributed by atoms with Crippen molar-refractivity contribution in [2.45, 2.75) is 26.9 Å². The fourth-order valence-electron chi connectivity index (χ4n) is 2.42. The number of benzene rings is 1. The molecule has 0 saturated heterocycles. The largest absolute Gasteiger partial charge is 0.488 e. The van der Waals surface area contributed by atoms with E-state index in [-0.39, 0.29) is 17.7 Å². The topological polar surface area (TPSA) is 67.4 Å². The van der Waals surface area contributed by atoms with Crippen LogP contribution >= 0.6 is 11.3 Å². The van der Waals surface area contributed by atoms with Crippen molar-refractivity contribution in [1.29, 1.82) is 0 Å². The second kappa shape index (κ2) is 6.42. The molecule has 1 aromatic heterocycles. The van der Waals surface area contributed by atoms with Gasteiger partial charge in [0.15, 0.2) is 0 Å². The molecule has 1 aromatic carbocycles. The lowest BCUT2D eigenvalue weighted by Gasteiger charge is -2.16. The normalized spacial score (nSPS) is 12.1. The maximum absolute atomic E-state index is 12.2. The van der Waals surface area contributed by atoms with Crippen LogP contribution in [0.15, 0.2) is 30.3 Å². The number of fused-ring (bicyclic) bond motifs is 3. The summed E-state index contributed by atoms with van der Waals surface area (Å²) in [4.78, 5) is 25.4. The number of carbonyl (C=O) groups excluding carboxylic acids is 2. The Morgan fingerprint density at radius 2 is 2.04 bits per heavy atom. The van der Waals surface area contributed by atoms with Crippen LogP contribution in [-0.2, 0) is 11.4 Å². The SMILES string of the molecule is CC(C)CC(=O)NNC(=O)c1cc2c(s1)-c1ccccc1OC2. The third-order valence-corrected chi connectivity index (χ3v) is 4.67. The van der Waals surface area contributed by atoms with E-state index in [0.29, 0.717) is 17.9 Å². The van der Waals surface area contributed by atoms with E-state index in [2.05, 4.69) is 10.9 Å². The zero-order chi connectivity index (χ0) is 16.4. The molecule has 2 N–H and O–H groups in total. The zero-order valence-electron chi connectivity index (χ0n) is 13.0. The summed E-state index contributed by atoms with van der Waals surface area (Å²) in [5.74, 6) is 0.580. The first-order valence-electron chi connectivity index (χ1n) is 7.48. The number of hydrazine groups is 1. The number of rotatable bonds is 3. The van der Waals surface area contributed by atoms with Gasteiger partial charge in [0.2, 0.25) is 5.91 Å². The highest BCUT2D eigenvalue weighted by atomic mass is 32.1. The molecular weight excluding hydrogens is 312 g/mol. The molecule has 0 fully saturated rings. The Kier molecular flexibility index (Phi) is 4.34. The highest BCUT2D eigenvalue weighted by Crippen LogP contribution is 2.42. The molecule has 5 nitrogen and oxygen atoms in total. The number of ether oxygens (including phenoxy) is 1. The maximum Gasteiger partial charge on any atom is 0.279 e. The number of hydrogen-bond donors (Lipinski definition) is 2. The molecular formula is C17H18N2O3S. The predicted octanol–water partition coefficient (Wildman–Crippen LogP) is 3.11. The molecule has 0 atom stereocenters. The van der Waals surface area contributed by atoms with Crippen molar-refractivity contribution in [3.63, 3.8) is 0 Å². The van der Waals surface area contributed by atoms with Crippen LogP contribution in [0.3, 0.4) is 0 Å². The average Bonchev–Trinajstić information content (AvgIpc) is 2.96. The van der Waals surface area contributed by atoms with Gasteiger partial charge < -0.3 is 4.74 Å². The van der Waals surface area contributed by atoms with Gasteiger partial charge in [-0.2, -0.15) is 0 Å². The Bertz CT molecular complexity index is 752. The van der Waals surface area contributed by atoms with Crippen molar-refractivity contribution in [3.05, 3.63) is 40.8 Å². The van der Waals surface area contributed by atoms with Gasteiger partial charge in [-0.25, -0.2) is 0 Å². The molecule has 6 heteroatoms. The van der Waals surface area contributed by atoms with Gasteiger partial charge >= 0.3 is 0 Å². The molecule has 0 aliphatic carbocycles. The van der Waals surface area contributed by atoms with Crippen molar-refractivity contribution in [1.82, 2.24) is 10.9 Å². The van der Waals surface area contributed by atoms with E-state index in [1.54, 1.807) is 0 Å². The first-order chi connectivity index (χ1) is 11.0. The van der Waals surface area contributed by atoms with Crippen molar-refractivity contribution in [3.8, 4) is 16.2 Å². The van der Waals surface area contributed by atoms with Gasteiger partial charge in [0.1, 0.15) is 12.4 Å². The van der Waals surface area contributed by atoms with Crippen LogP contribution in [0.2, 0.25) is 0 Å². The van der Waals surface area contributed by atoms with Crippen molar-refractivity contribution >= 4 is 23.2 Å². The van der Waals surface area contributed by atoms with Crippen molar-refractivity contribution in [2.24, 2.45) is 5.92 Å². The predicted molar refractivity (Wildman–Crippen MR) is 89.2 cm³/mol. The standard InChI is InChI=1S/C17H18N2O3S/c1-10(2)7-15(20)18-19-17(21)14-8-11-9-22-13-6-4-3-5-12(13)16(11)23-14/h3-6,8,10H,7,9H2,1-2H3,(H,18,20)(H,19,21). The van der Waals surface area contributed by atoms with Gasteiger partial charge in [-0.3, -0.25) is 20.4 Å². The molecule has 2 aromatic rings. The van der Waals surface area contributed by atoms with Crippen LogP contribution in [0.25, 0.3) is 10.4 Å². The van der Waals surface area contributed by atoms with Gasteiger partial charge in [0, 0.05) is 22.4 Å². The van der Waals surface area contributed by atoms with Crippen LogP contribution < -0.4 is 15.6 Å². The third kappa shape index (κ3) is 3.37. The lowest BCUT2D eigenvalue weighted by atomic mass is 10.1. The van der Waals surface area contributed by atoms with E-state index in [1.807, 2.05) is 44.2 Å². The fraction of sp³-hybridized carbons (Fsp3) is 0.294. The number of nitrogens with one attached hydrogen (secondary N) is 2. The summed E-state index contributed by atoms with van der Waals surface area (Å²) in [6, 6.07) is 9.60. The molecule has 0 unspecified atom stereocenters. The number of hydrogen-bond acceptors (Lipinski definition) is 4. The molecule has 120 valence electrons. The fourth-order valence-corrected chi connectivity index (χ4v) is 3.51. The Labute approximate surface area is 138 Å². The van der Waals surface area contributed by atoms with Crippen LogP contribution in [0.5, 0.6) is 5.75 Å². The van der Waals surface area contributed by atoms with Crippen LogP contribution in [0.4, 0.5) is 0 Å². The molecule has 2 heterocycles. The monoisotopic (exact) mass is 330 g/mol. The Morgan fingerprint density at radius 3 is 2.83 bits per heavy atom. The average molecular weight is 330 g/mol.